The summed E-state index contributed by atoms with van der Waals surface area (Å²) < 4.78 is 20.2. The van der Waals surface area contributed by atoms with Crippen LogP contribution in [0.5, 0.6) is 11.5 Å². The molecule has 0 unspecified atom stereocenters. The molecule has 0 spiro atoms. The second-order valence-corrected chi connectivity index (χ2v) is 4.51. The predicted octanol–water partition coefficient (Wildman–Crippen LogP) is 3.09. The zero-order chi connectivity index (χ0) is 14.3. The number of benzene rings is 2. The number of methoxy groups -OCH3 is 1. The normalized spacial score (nSPS) is 10.9. The molecule has 0 fully saturated rings. The molecule has 3 rings (SSSR count). The molecule has 1 aromatic heterocycles. The Morgan fingerprint density at radius 1 is 1.20 bits per heavy atom. The fourth-order valence-electron chi connectivity index (χ4n) is 2.23. The van der Waals surface area contributed by atoms with Crippen LogP contribution in [0.3, 0.4) is 0 Å². The van der Waals surface area contributed by atoms with Crippen LogP contribution in [0.4, 0.5) is 4.39 Å². The Morgan fingerprint density at radius 2 is 2.00 bits per heavy atom. The lowest BCUT2D eigenvalue weighted by Gasteiger charge is -2.07. The first kappa shape index (κ1) is 12.5. The summed E-state index contributed by atoms with van der Waals surface area (Å²) >= 11 is 0. The van der Waals surface area contributed by atoms with Crippen molar-refractivity contribution in [2.45, 2.75) is 0 Å². The average molecular weight is 272 g/mol. The van der Waals surface area contributed by atoms with Crippen LogP contribution in [0.1, 0.15) is 0 Å². The number of halogens is 1. The fraction of sp³-hybridized carbons (Fsp3) is 0.133. The van der Waals surface area contributed by atoms with Gasteiger partial charge in [-0.3, -0.25) is 0 Å². The molecule has 0 saturated carbocycles. The number of aryl methyl sites for hydroxylation is 1. The molecular weight excluding hydrogens is 259 g/mol. The lowest BCUT2D eigenvalue weighted by atomic mass is 10.2. The van der Waals surface area contributed by atoms with E-state index in [2.05, 4.69) is 4.98 Å². The van der Waals surface area contributed by atoms with Gasteiger partial charge in [0.25, 0.3) is 0 Å². The Hall–Kier alpha value is -2.56. The molecule has 2 aromatic carbocycles. The van der Waals surface area contributed by atoms with Gasteiger partial charge in [0.15, 0.2) is 0 Å². The number of phenols is 1. The molecule has 20 heavy (non-hydrogen) atoms. The van der Waals surface area contributed by atoms with Crippen molar-refractivity contribution >= 4 is 11.0 Å². The number of imidazole rings is 1. The number of hydrogen-bond acceptors (Lipinski definition) is 3. The van der Waals surface area contributed by atoms with Crippen molar-refractivity contribution in [2.75, 3.05) is 7.11 Å². The largest absolute Gasteiger partial charge is 0.507 e. The van der Waals surface area contributed by atoms with E-state index in [4.69, 9.17) is 4.74 Å². The number of hydrogen-bond donors (Lipinski definition) is 1. The van der Waals surface area contributed by atoms with E-state index in [9.17, 15) is 9.50 Å². The van der Waals surface area contributed by atoms with Crippen LogP contribution >= 0.6 is 0 Å². The van der Waals surface area contributed by atoms with Crippen molar-refractivity contribution in [3.05, 3.63) is 42.2 Å². The summed E-state index contributed by atoms with van der Waals surface area (Å²) in [6.45, 7) is 0. The highest BCUT2D eigenvalue weighted by atomic mass is 19.1. The summed E-state index contributed by atoms with van der Waals surface area (Å²) in [7, 11) is 3.34. The van der Waals surface area contributed by atoms with Crippen molar-refractivity contribution in [3.63, 3.8) is 0 Å². The molecule has 0 radical (unpaired) electrons. The highest BCUT2D eigenvalue weighted by Crippen LogP contribution is 2.33. The molecular formula is C15H13FN2O2. The van der Waals surface area contributed by atoms with E-state index in [1.807, 2.05) is 0 Å². The predicted molar refractivity (Wildman–Crippen MR) is 74.3 cm³/mol. The van der Waals surface area contributed by atoms with Crippen LogP contribution in [0.2, 0.25) is 0 Å². The number of nitrogens with zero attached hydrogens (tertiary/aromatic N) is 2. The summed E-state index contributed by atoms with van der Waals surface area (Å²) in [4.78, 5) is 4.44. The maximum Gasteiger partial charge on any atom is 0.144 e. The van der Waals surface area contributed by atoms with Gasteiger partial charge in [-0.1, -0.05) is 0 Å². The van der Waals surface area contributed by atoms with Crippen LogP contribution in [0.25, 0.3) is 22.4 Å². The van der Waals surface area contributed by atoms with Crippen LogP contribution in [0.15, 0.2) is 36.4 Å². The summed E-state index contributed by atoms with van der Waals surface area (Å²) in [6.07, 6.45) is 0. The van der Waals surface area contributed by atoms with E-state index in [0.29, 0.717) is 28.2 Å². The van der Waals surface area contributed by atoms with Gasteiger partial charge >= 0.3 is 0 Å². The van der Waals surface area contributed by atoms with Gasteiger partial charge in [-0.05, 0) is 36.4 Å². The summed E-state index contributed by atoms with van der Waals surface area (Å²) in [5.41, 5.74) is 1.89. The van der Waals surface area contributed by atoms with Crippen molar-refractivity contribution in [3.8, 4) is 22.9 Å². The summed E-state index contributed by atoms with van der Waals surface area (Å²) in [5.74, 6) is 0.963. The number of aromatic hydroxyl groups is 1. The maximum atomic E-state index is 13.3. The van der Waals surface area contributed by atoms with Crippen molar-refractivity contribution in [2.24, 2.45) is 7.05 Å². The van der Waals surface area contributed by atoms with Crippen molar-refractivity contribution in [1.82, 2.24) is 9.55 Å². The first-order chi connectivity index (χ1) is 9.60. The number of ether oxygens (including phenoxy) is 1. The molecule has 0 atom stereocenters. The van der Waals surface area contributed by atoms with Gasteiger partial charge in [0.05, 0.1) is 23.7 Å². The molecule has 0 aliphatic rings. The first-order valence-corrected chi connectivity index (χ1v) is 6.09. The molecule has 0 amide bonds. The third-order valence-electron chi connectivity index (χ3n) is 3.29. The molecule has 3 aromatic rings. The quantitative estimate of drug-likeness (QED) is 0.779. The molecule has 0 bridgehead atoms. The monoisotopic (exact) mass is 272 g/mol. The summed E-state index contributed by atoms with van der Waals surface area (Å²) in [6, 6.07) is 9.32. The number of fused-ring (bicyclic) bond motifs is 1. The lowest BCUT2D eigenvalue weighted by Crippen LogP contribution is -1.94. The zero-order valence-electron chi connectivity index (χ0n) is 11.1. The molecule has 5 heteroatoms. The molecule has 1 N–H and O–H groups in total. The van der Waals surface area contributed by atoms with Gasteiger partial charge in [-0.15, -0.1) is 0 Å². The standard InChI is InChI=1S/C15H13FN2O2/c1-18-13-7-9(16)3-5-12(13)17-15(18)11-8-10(20-2)4-6-14(11)19/h3-8,19H,1-2H3. The van der Waals surface area contributed by atoms with E-state index < -0.39 is 0 Å². The minimum Gasteiger partial charge on any atom is -0.507 e. The SMILES string of the molecule is COc1ccc(O)c(-c2nc3ccc(F)cc3n2C)c1. The Kier molecular flexibility index (Phi) is 2.82. The fourth-order valence-corrected chi connectivity index (χ4v) is 2.23. The van der Waals surface area contributed by atoms with E-state index in [0.717, 1.165) is 0 Å². The Labute approximate surface area is 115 Å². The Balaban J connectivity index is 2.27. The molecule has 0 aliphatic heterocycles. The van der Waals surface area contributed by atoms with E-state index in [-0.39, 0.29) is 11.6 Å². The minimum absolute atomic E-state index is 0.102. The molecule has 0 saturated heterocycles. The molecule has 4 nitrogen and oxygen atoms in total. The van der Waals surface area contributed by atoms with Gasteiger partial charge in [0.2, 0.25) is 0 Å². The van der Waals surface area contributed by atoms with Gasteiger partial charge in [0.1, 0.15) is 23.1 Å². The average Bonchev–Trinajstić information content (AvgIpc) is 2.77. The van der Waals surface area contributed by atoms with E-state index in [1.165, 1.54) is 12.1 Å². The van der Waals surface area contributed by atoms with Crippen LogP contribution in [0, 0.1) is 5.82 Å². The van der Waals surface area contributed by atoms with Crippen molar-refractivity contribution in [1.29, 1.82) is 0 Å². The van der Waals surface area contributed by atoms with Gasteiger partial charge in [0, 0.05) is 7.05 Å². The number of aromatic nitrogens is 2. The third kappa shape index (κ3) is 1.87. The highest BCUT2D eigenvalue weighted by Gasteiger charge is 2.14. The Bertz CT molecular complexity index is 796. The van der Waals surface area contributed by atoms with Crippen LogP contribution in [-0.4, -0.2) is 21.8 Å². The van der Waals surface area contributed by atoms with Crippen molar-refractivity contribution < 1.29 is 14.2 Å². The third-order valence-corrected chi connectivity index (χ3v) is 3.29. The lowest BCUT2D eigenvalue weighted by molar-refractivity contribution is 0.412. The molecule has 102 valence electrons. The van der Waals surface area contributed by atoms with Gasteiger partial charge < -0.3 is 14.4 Å². The number of phenolic OH excluding ortho intramolecular Hbond substituents is 1. The van der Waals surface area contributed by atoms with E-state index >= 15 is 0 Å². The smallest absolute Gasteiger partial charge is 0.144 e. The second kappa shape index (κ2) is 4.52. The van der Waals surface area contributed by atoms with Gasteiger partial charge in [-0.25, -0.2) is 9.37 Å². The van der Waals surface area contributed by atoms with Gasteiger partial charge in [-0.2, -0.15) is 0 Å². The minimum atomic E-state index is -0.318. The molecule has 0 aliphatic carbocycles. The molecule has 1 heterocycles. The highest BCUT2D eigenvalue weighted by molar-refractivity contribution is 5.82. The summed E-state index contributed by atoms with van der Waals surface area (Å²) in [5, 5.41) is 10.0. The van der Waals surface area contributed by atoms with Crippen LogP contribution < -0.4 is 4.74 Å². The number of rotatable bonds is 2. The first-order valence-electron chi connectivity index (χ1n) is 6.09. The second-order valence-electron chi connectivity index (χ2n) is 4.51. The topological polar surface area (TPSA) is 47.3 Å². The maximum absolute atomic E-state index is 13.3. The van der Waals surface area contributed by atoms with Crippen LogP contribution in [-0.2, 0) is 7.05 Å². The Morgan fingerprint density at radius 3 is 2.75 bits per heavy atom. The zero-order valence-corrected chi connectivity index (χ0v) is 11.1. The van der Waals surface area contributed by atoms with E-state index in [1.54, 1.807) is 43.0 Å².